The number of nitrogens with one attached hydrogen (secondary N) is 1. The number of hydrogen-bond donors (Lipinski definition) is 2. The van der Waals surface area contributed by atoms with E-state index in [1.54, 1.807) is 7.11 Å². The van der Waals surface area contributed by atoms with Crippen molar-refractivity contribution in [2.75, 3.05) is 20.2 Å². The van der Waals surface area contributed by atoms with E-state index in [9.17, 15) is 0 Å². The molecule has 1 aromatic carbocycles. The lowest BCUT2D eigenvalue weighted by molar-refractivity contribution is 0.273. The second kappa shape index (κ2) is 6.75. The molecule has 1 fully saturated rings. The highest BCUT2D eigenvalue weighted by atomic mass is 16.5. The molecule has 0 bridgehead atoms. The van der Waals surface area contributed by atoms with E-state index >= 15 is 0 Å². The predicted octanol–water partition coefficient (Wildman–Crippen LogP) is 2.60. The van der Waals surface area contributed by atoms with Crippen LogP contribution in [0.25, 0.3) is 0 Å². The fourth-order valence-corrected chi connectivity index (χ4v) is 2.80. The highest BCUT2D eigenvalue weighted by molar-refractivity contribution is 5.97. The lowest BCUT2D eigenvalue weighted by Gasteiger charge is -2.20. The van der Waals surface area contributed by atoms with Crippen LogP contribution in [0.4, 0.5) is 0 Å². The van der Waals surface area contributed by atoms with Crippen molar-refractivity contribution in [1.82, 2.24) is 4.90 Å². The molecule has 4 heteroatoms. The third-order valence-electron chi connectivity index (χ3n) is 4.07. The fourth-order valence-electron chi connectivity index (χ4n) is 2.80. The first-order valence-corrected chi connectivity index (χ1v) is 7.34. The zero-order chi connectivity index (χ0) is 14.5. The van der Waals surface area contributed by atoms with E-state index in [2.05, 4.69) is 17.9 Å². The third kappa shape index (κ3) is 3.73. The average Bonchev–Trinajstić information content (AvgIpc) is 2.63. The highest BCUT2D eigenvalue weighted by Gasteiger charge is 2.15. The topological polar surface area (TPSA) is 62.3 Å². The van der Waals surface area contributed by atoms with Gasteiger partial charge in [-0.2, -0.15) is 0 Å². The van der Waals surface area contributed by atoms with E-state index in [1.165, 1.54) is 24.8 Å². The second-order valence-electron chi connectivity index (χ2n) is 5.76. The van der Waals surface area contributed by atoms with Crippen LogP contribution in [0.1, 0.15) is 37.3 Å². The summed E-state index contributed by atoms with van der Waals surface area (Å²) in [6.45, 7) is 5.58. The van der Waals surface area contributed by atoms with Crippen LogP contribution in [-0.2, 0) is 6.54 Å². The van der Waals surface area contributed by atoms with Crippen LogP contribution in [0.2, 0.25) is 0 Å². The molecule has 1 unspecified atom stereocenters. The van der Waals surface area contributed by atoms with Gasteiger partial charge in [-0.1, -0.05) is 13.0 Å². The molecule has 3 N–H and O–H groups in total. The molecule has 0 spiro atoms. The maximum Gasteiger partial charge on any atom is 0.129 e. The van der Waals surface area contributed by atoms with Crippen LogP contribution in [0, 0.1) is 11.3 Å². The SMILES string of the molecule is COc1ccc(CN2CCCC(C)CC2)cc1C(=N)N. The number of rotatable bonds is 4. The zero-order valence-electron chi connectivity index (χ0n) is 12.5. The Morgan fingerprint density at radius 2 is 2.20 bits per heavy atom. The Balaban J connectivity index is 2.09. The molecule has 110 valence electrons. The summed E-state index contributed by atoms with van der Waals surface area (Å²) in [6, 6.07) is 5.96. The van der Waals surface area contributed by atoms with Gasteiger partial charge in [0.05, 0.1) is 12.7 Å². The van der Waals surface area contributed by atoms with E-state index in [0.717, 1.165) is 25.6 Å². The molecular formula is C16H25N3O. The summed E-state index contributed by atoms with van der Waals surface area (Å²) < 4.78 is 5.25. The molecule has 1 atom stereocenters. The molecule has 1 heterocycles. The van der Waals surface area contributed by atoms with Crippen molar-refractivity contribution < 1.29 is 4.74 Å². The van der Waals surface area contributed by atoms with Gasteiger partial charge in [-0.15, -0.1) is 0 Å². The van der Waals surface area contributed by atoms with Gasteiger partial charge < -0.3 is 10.5 Å². The van der Waals surface area contributed by atoms with Gasteiger partial charge in [0.15, 0.2) is 0 Å². The zero-order valence-corrected chi connectivity index (χ0v) is 12.5. The third-order valence-corrected chi connectivity index (χ3v) is 4.07. The molecule has 0 aromatic heterocycles. The summed E-state index contributed by atoms with van der Waals surface area (Å²) in [5.41, 5.74) is 7.51. The van der Waals surface area contributed by atoms with Gasteiger partial charge in [0.1, 0.15) is 11.6 Å². The number of nitrogens with zero attached hydrogens (tertiary/aromatic N) is 1. The van der Waals surface area contributed by atoms with E-state index in [4.69, 9.17) is 15.9 Å². The van der Waals surface area contributed by atoms with Gasteiger partial charge in [-0.05, 0) is 56.0 Å². The first-order valence-electron chi connectivity index (χ1n) is 7.34. The van der Waals surface area contributed by atoms with Gasteiger partial charge >= 0.3 is 0 Å². The number of methoxy groups -OCH3 is 1. The summed E-state index contributed by atoms with van der Waals surface area (Å²) in [5.74, 6) is 1.57. The number of benzene rings is 1. The minimum absolute atomic E-state index is 0.0631. The number of amidine groups is 1. The molecule has 1 saturated heterocycles. The standard InChI is InChI=1S/C16H25N3O/c1-12-4-3-8-19(9-7-12)11-13-5-6-15(20-2)14(10-13)16(17)18/h5-6,10,12H,3-4,7-9,11H2,1-2H3,(H3,17,18). The number of ether oxygens (including phenoxy) is 1. The minimum atomic E-state index is 0.0631. The first-order chi connectivity index (χ1) is 9.60. The molecule has 4 nitrogen and oxygen atoms in total. The number of nitrogens with two attached hydrogens (primary N) is 1. The molecule has 1 aromatic rings. The first kappa shape index (κ1) is 14.9. The van der Waals surface area contributed by atoms with E-state index in [1.807, 2.05) is 12.1 Å². The van der Waals surface area contributed by atoms with Crippen LogP contribution in [-0.4, -0.2) is 30.9 Å². The lowest BCUT2D eigenvalue weighted by atomic mass is 10.0. The van der Waals surface area contributed by atoms with Crippen molar-refractivity contribution in [2.24, 2.45) is 11.7 Å². The molecule has 1 aliphatic heterocycles. The number of nitrogen functional groups attached to an aromatic ring is 1. The molecule has 0 radical (unpaired) electrons. The normalized spacial score (nSPS) is 20.4. The molecule has 0 saturated carbocycles. The Morgan fingerprint density at radius 3 is 2.90 bits per heavy atom. The average molecular weight is 275 g/mol. The maximum absolute atomic E-state index is 7.64. The largest absolute Gasteiger partial charge is 0.496 e. The van der Waals surface area contributed by atoms with Crippen molar-refractivity contribution in [3.05, 3.63) is 29.3 Å². The van der Waals surface area contributed by atoms with Crippen molar-refractivity contribution in [3.63, 3.8) is 0 Å². The van der Waals surface area contributed by atoms with Gasteiger partial charge in [0, 0.05) is 6.54 Å². The summed E-state index contributed by atoms with van der Waals surface area (Å²) in [4.78, 5) is 2.50. The van der Waals surface area contributed by atoms with Gasteiger partial charge in [-0.25, -0.2) is 0 Å². The lowest BCUT2D eigenvalue weighted by Crippen LogP contribution is -2.24. The van der Waals surface area contributed by atoms with Crippen molar-refractivity contribution in [2.45, 2.75) is 32.7 Å². The molecule has 1 aliphatic rings. The van der Waals surface area contributed by atoms with E-state index < -0.39 is 0 Å². The van der Waals surface area contributed by atoms with Crippen LogP contribution in [0.3, 0.4) is 0 Å². The van der Waals surface area contributed by atoms with Crippen LogP contribution < -0.4 is 10.5 Å². The predicted molar refractivity (Wildman–Crippen MR) is 82.3 cm³/mol. The molecule has 0 aliphatic carbocycles. The summed E-state index contributed by atoms with van der Waals surface area (Å²) in [6.07, 6.45) is 3.88. The second-order valence-corrected chi connectivity index (χ2v) is 5.76. The Kier molecular flexibility index (Phi) is 5.01. The van der Waals surface area contributed by atoms with Crippen molar-refractivity contribution >= 4 is 5.84 Å². The summed E-state index contributed by atoms with van der Waals surface area (Å²) >= 11 is 0. The molecule has 20 heavy (non-hydrogen) atoms. The Labute approximate surface area is 121 Å². The Morgan fingerprint density at radius 1 is 1.40 bits per heavy atom. The quantitative estimate of drug-likeness (QED) is 0.656. The van der Waals surface area contributed by atoms with Crippen molar-refractivity contribution in [1.29, 1.82) is 5.41 Å². The Hall–Kier alpha value is -1.55. The monoisotopic (exact) mass is 275 g/mol. The van der Waals surface area contributed by atoms with E-state index in [0.29, 0.717) is 11.3 Å². The van der Waals surface area contributed by atoms with Crippen molar-refractivity contribution in [3.8, 4) is 5.75 Å². The van der Waals surface area contributed by atoms with Crippen LogP contribution in [0.5, 0.6) is 5.75 Å². The highest BCUT2D eigenvalue weighted by Crippen LogP contribution is 2.22. The summed E-state index contributed by atoms with van der Waals surface area (Å²) in [5, 5.41) is 7.64. The fraction of sp³-hybridized carbons (Fsp3) is 0.562. The Bertz CT molecular complexity index is 473. The molecular weight excluding hydrogens is 250 g/mol. The van der Waals surface area contributed by atoms with E-state index in [-0.39, 0.29) is 5.84 Å². The van der Waals surface area contributed by atoms with Crippen LogP contribution in [0.15, 0.2) is 18.2 Å². The van der Waals surface area contributed by atoms with Gasteiger partial charge in [0.25, 0.3) is 0 Å². The van der Waals surface area contributed by atoms with Gasteiger partial charge in [-0.3, -0.25) is 10.3 Å². The smallest absolute Gasteiger partial charge is 0.129 e. The van der Waals surface area contributed by atoms with Crippen LogP contribution >= 0.6 is 0 Å². The number of likely N-dealkylation sites (tertiary alicyclic amines) is 1. The minimum Gasteiger partial charge on any atom is -0.496 e. The molecule has 0 amide bonds. The number of hydrogen-bond acceptors (Lipinski definition) is 3. The summed E-state index contributed by atoms with van der Waals surface area (Å²) in [7, 11) is 1.61. The molecule has 2 rings (SSSR count). The maximum atomic E-state index is 7.64. The van der Waals surface area contributed by atoms with Gasteiger partial charge in [0.2, 0.25) is 0 Å².